The molecule has 0 aliphatic carbocycles. The van der Waals surface area contributed by atoms with E-state index in [1.165, 1.54) is 6.07 Å². The maximum Gasteiger partial charge on any atom is 0.154 e. The zero-order valence-corrected chi connectivity index (χ0v) is 15.4. The van der Waals surface area contributed by atoms with Gasteiger partial charge in [-0.15, -0.1) is 0 Å². The number of likely N-dealkylation sites (tertiary alicyclic amines) is 1. The molecule has 0 amide bonds. The van der Waals surface area contributed by atoms with Crippen LogP contribution in [0, 0.1) is 26.6 Å². The third kappa shape index (κ3) is 3.17. The van der Waals surface area contributed by atoms with Crippen molar-refractivity contribution in [2.45, 2.75) is 46.2 Å². The summed E-state index contributed by atoms with van der Waals surface area (Å²) in [6, 6.07) is 9.14. The van der Waals surface area contributed by atoms with E-state index in [2.05, 4.69) is 15.2 Å². The first-order valence-corrected chi connectivity index (χ1v) is 9.00. The molecule has 26 heavy (non-hydrogen) atoms. The Morgan fingerprint density at radius 2 is 2.00 bits per heavy atom. The summed E-state index contributed by atoms with van der Waals surface area (Å²) in [6.07, 6.45) is 2.12. The number of aryl methyl sites for hydroxylation is 3. The smallest absolute Gasteiger partial charge is 0.154 e. The minimum atomic E-state index is -0.225. The van der Waals surface area contributed by atoms with Crippen LogP contribution in [0.2, 0.25) is 0 Å². The highest BCUT2D eigenvalue weighted by Gasteiger charge is 2.30. The van der Waals surface area contributed by atoms with E-state index in [1.807, 2.05) is 43.7 Å². The van der Waals surface area contributed by atoms with Gasteiger partial charge in [0.2, 0.25) is 0 Å². The van der Waals surface area contributed by atoms with Crippen molar-refractivity contribution >= 4 is 0 Å². The molecule has 0 spiro atoms. The van der Waals surface area contributed by atoms with Gasteiger partial charge in [0.1, 0.15) is 5.82 Å². The Balaban J connectivity index is 1.67. The van der Waals surface area contributed by atoms with Crippen molar-refractivity contribution in [3.63, 3.8) is 0 Å². The van der Waals surface area contributed by atoms with Gasteiger partial charge in [0, 0.05) is 18.3 Å². The van der Waals surface area contributed by atoms with Crippen molar-refractivity contribution in [2.75, 3.05) is 6.54 Å². The van der Waals surface area contributed by atoms with E-state index in [0.717, 1.165) is 53.5 Å². The summed E-state index contributed by atoms with van der Waals surface area (Å²) >= 11 is 0. The molecular formula is C20H23FN4O. The minimum absolute atomic E-state index is 0.188. The molecule has 1 atom stereocenters. The number of hydrogen-bond donors (Lipinski definition) is 0. The summed E-state index contributed by atoms with van der Waals surface area (Å²) in [4.78, 5) is 2.34. The fraction of sp³-hybridized carbons (Fsp3) is 0.400. The van der Waals surface area contributed by atoms with Crippen molar-refractivity contribution in [1.82, 2.24) is 19.8 Å². The maximum atomic E-state index is 14.0. The highest BCUT2D eigenvalue weighted by molar-refractivity contribution is 5.42. The van der Waals surface area contributed by atoms with Crippen molar-refractivity contribution in [1.29, 1.82) is 0 Å². The van der Waals surface area contributed by atoms with Gasteiger partial charge in [-0.1, -0.05) is 5.16 Å². The van der Waals surface area contributed by atoms with Crippen LogP contribution in [0.1, 0.15) is 47.3 Å². The lowest BCUT2D eigenvalue weighted by Gasteiger charge is -2.24. The molecule has 1 aliphatic heterocycles. The molecule has 0 saturated carbocycles. The zero-order valence-electron chi connectivity index (χ0n) is 15.4. The first kappa shape index (κ1) is 17.0. The van der Waals surface area contributed by atoms with Gasteiger partial charge in [-0.3, -0.25) is 4.90 Å². The van der Waals surface area contributed by atoms with Gasteiger partial charge < -0.3 is 4.52 Å². The van der Waals surface area contributed by atoms with Gasteiger partial charge >= 0.3 is 0 Å². The summed E-state index contributed by atoms with van der Waals surface area (Å²) in [5.41, 5.74) is 4.74. The second-order valence-electron chi connectivity index (χ2n) is 7.11. The third-order valence-electron chi connectivity index (χ3n) is 4.99. The van der Waals surface area contributed by atoms with E-state index in [-0.39, 0.29) is 11.9 Å². The van der Waals surface area contributed by atoms with E-state index < -0.39 is 0 Å². The Kier molecular flexibility index (Phi) is 4.36. The van der Waals surface area contributed by atoms with Gasteiger partial charge in [0.05, 0.1) is 23.1 Å². The van der Waals surface area contributed by atoms with Crippen LogP contribution in [0.15, 0.2) is 34.9 Å². The van der Waals surface area contributed by atoms with Crippen molar-refractivity contribution < 1.29 is 8.91 Å². The molecule has 136 valence electrons. The average molecular weight is 354 g/mol. The molecule has 1 aromatic carbocycles. The van der Waals surface area contributed by atoms with E-state index in [9.17, 15) is 4.39 Å². The molecule has 4 rings (SSSR count). The predicted molar refractivity (Wildman–Crippen MR) is 96.6 cm³/mol. The Morgan fingerprint density at radius 3 is 2.69 bits per heavy atom. The molecule has 1 fully saturated rings. The standard InChI is InChI=1S/C20H23FN4O/c1-13-9-15(3)25(22-13)18-7-6-17(21)11-16(18)12-24-8-4-5-19(24)20-10-14(2)23-26-20/h6-7,9-11,19H,4-5,8,12H2,1-3H3/t19-/m0/s1. The molecule has 1 aliphatic rings. The van der Waals surface area contributed by atoms with E-state index in [0.29, 0.717) is 6.54 Å². The Morgan fingerprint density at radius 1 is 1.15 bits per heavy atom. The van der Waals surface area contributed by atoms with Crippen LogP contribution in [0.3, 0.4) is 0 Å². The summed E-state index contributed by atoms with van der Waals surface area (Å²) in [5.74, 6) is 0.667. The fourth-order valence-corrected chi connectivity index (χ4v) is 3.86. The Hall–Kier alpha value is -2.47. The highest BCUT2D eigenvalue weighted by Crippen LogP contribution is 2.34. The average Bonchev–Trinajstić information content (AvgIpc) is 3.28. The number of aromatic nitrogens is 3. The number of benzene rings is 1. The van der Waals surface area contributed by atoms with Crippen molar-refractivity contribution in [3.8, 4) is 5.69 Å². The lowest BCUT2D eigenvalue weighted by Crippen LogP contribution is -2.23. The molecule has 2 aromatic heterocycles. The zero-order chi connectivity index (χ0) is 18.3. The topological polar surface area (TPSA) is 47.1 Å². The second kappa shape index (κ2) is 6.68. The van der Waals surface area contributed by atoms with Gasteiger partial charge in [0.15, 0.2) is 5.76 Å². The number of hydrogen-bond acceptors (Lipinski definition) is 4. The van der Waals surface area contributed by atoms with Crippen LogP contribution in [-0.4, -0.2) is 26.4 Å². The fourth-order valence-electron chi connectivity index (χ4n) is 3.86. The molecular weight excluding hydrogens is 331 g/mol. The SMILES string of the molecule is Cc1cc([C@@H]2CCCN2Cc2cc(F)ccc2-n2nc(C)cc2C)on1. The van der Waals surface area contributed by atoms with Crippen molar-refractivity contribution in [2.24, 2.45) is 0 Å². The molecule has 6 heteroatoms. The van der Waals surface area contributed by atoms with Crippen LogP contribution in [0.25, 0.3) is 5.69 Å². The summed E-state index contributed by atoms with van der Waals surface area (Å²) in [5, 5.41) is 8.59. The highest BCUT2D eigenvalue weighted by atomic mass is 19.1. The first-order valence-electron chi connectivity index (χ1n) is 9.00. The van der Waals surface area contributed by atoms with Crippen LogP contribution in [0.5, 0.6) is 0 Å². The largest absolute Gasteiger partial charge is 0.359 e. The first-order chi connectivity index (χ1) is 12.5. The molecule has 0 N–H and O–H groups in total. The normalized spacial score (nSPS) is 17.9. The summed E-state index contributed by atoms with van der Waals surface area (Å²) < 4.78 is 21.4. The monoisotopic (exact) mass is 354 g/mol. The van der Waals surface area contributed by atoms with E-state index in [4.69, 9.17) is 4.52 Å². The predicted octanol–water partition coefficient (Wildman–Crippen LogP) is 4.26. The quantitative estimate of drug-likeness (QED) is 0.702. The lowest BCUT2D eigenvalue weighted by molar-refractivity contribution is 0.206. The van der Waals surface area contributed by atoms with Crippen LogP contribution < -0.4 is 0 Å². The van der Waals surface area contributed by atoms with Crippen LogP contribution in [0.4, 0.5) is 4.39 Å². The minimum Gasteiger partial charge on any atom is -0.359 e. The van der Waals surface area contributed by atoms with E-state index in [1.54, 1.807) is 6.07 Å². The number of rotatable bonds is 4. The number of halogens is 1. The molecule has 3 heterocycles. The number of nitrogens with zero attached hydrogens (tertiary/aromatic N) is 4. The Bertz CT molecular complexity index is 930. The molecule has 1 saturated heterocycles. The molecule has 0 radical (unpaired) electrons. The van der Waals surface area contributed by atoms with Gasteiger partial charge in [0.25, 0.3) is 0 Å². The van der Waals surface area contributed by atoms with Crippen LogP contribution in [-0.2, 0) is 6.54 Å². The van der Waals surface area contributed by atoms with Gasteiger partial charge in [-0.25, -0.2) is 9.07 Å². The van der Waals surface area contributed by atoms with Crippen LogP contribution >= 0.6 is 0 Å². The molecule has 0 bridgehead atoms. The molecule has 5 nitrogen and oxygen atoms in total. The summed E-state index contributed by atoms with van der Waals surface area (Å²) in [6.45, 7) is 7.52. The molecule has 0 unspecified atom stereocenters. The lowest BCUT2D eigenvalue weighted by atomic mass is 10.1. The van der Waals surface area contributed by atoms with Crippen molar-refractivity contribution in [3.05, 3.63) is 64.6 Å². The maximum absolute atomic E-state index is 14.0. The van der Waals surface area contributed by atoms with Gasteiger partial charge in [-0.2, -0.15) is 5.10 Å². The third-order valence-corrected chi connectivity index (χ3v) is 4.99. The second-order valence-corrected chi connectivity index (χ2v) is 7.11. The van der Waals surface area contributed by atoms with E-state index >= 15 is 0 Å². The Labute approximate surface area is 152 Å². The summed E-state index contributed by atoms with van der Waals surface area (Å²) in [7, 11) is 0. The van der Waals surface area contributed by atoms with Gasteiger partial charge in [-0.05, 0) is 70.0 Å². The molecule has 3 aromatic rings.